The lowest BCUT2D eigenvalue weighted by molar-refractivity contribution is -0.139. The second-order valence-corrected chi connectivity index (χ2v) is 8.67. The van der Waals surface area contributed by atoms with Crippen molar-refractivity contribution in [1.29, 1.82) is 0 Å². The van der Waals surface area contributed by atoms with Gasteiger partial charge < -0.3 is 20.2 Å². The van der Waals surface area contributed by atoms with Gasteiger partial charge in [-0.15, -0.1) is 0 Å². The minimum atomic E-state index is -4.89. The number of hydrogen-bond acceptors (Lipinski definition) is 4. The van der Waals surface area contributed by atoms with Crippen LogP contribution < -0.4 is 5.32 Å². The normalized spacial score (nSPS) is 19.4. The first-order chi connectivity index (χ1) is 16.0. The van der Waals surface area contributed by atoms with Gasteiger partial charge in [-0.2, -0.15) is 18.3 Å². The maximum absolute atomic E-state index is 13.5. The van der Waals surface area contributed by atoms with Crippen molar-refractivity contribution < 1.29 is 32.3 Å². The zero-order valence-corrected chi connectivity index (χ0v) is 18.7. The number of rotatable bonds is 3. The standard InChI is InChI=1S/C22H25F4N5O3/c1-3-18(32)12-9-29(2)20(33)19-14-11-30(7-6-17(14)28-31(19)10-12)21(34)27-13-4-5-16(23)15(8-13)22(24,25)26/h4-5,8,12,18,32H,3,6-7,9-11H2,1-2H3,(H,27,34)/t12-,18?/m0/s1. The van der Waals surface area contributed by atoms with E-state index < -0.39 is 29.7 Å². The number of hydrogen-bond donors (Lipinski definition) is 2. The molecule has 0 spiro atoms. The van der Waals surface area contributed by atoms with Crippen molar-refractivity contribution in [2.75, 3.05) is 25.5 Å². The van der Waals surface area contributed by atoms with E-state index in [1.54, 1.807) is 11.7 Å². The van der Waals surface area contributed by atoms with E-state index in [-0.39, 0.29) is 30.6 Å². The Balaban J connectivity index is 1.56. The highest BCUT2D eigenvalue weighted by Crippen LogP contribution is 2.33. The minimum Gasteiger partial charge on any atom is -0.393 e. The van der Waals surface area contributed by atoms with Crippen molar-refractivity contribution >= 4 is 17.6 Å². The Morgan fingerprint density at radius 2 is 2.06 bits per heavy atom. The third-order valence-corrected chi connectivity index (χ3v) is 6.34. The Hall–Kier alpha value is -3.15. The highest BCUT2D eigenvalue weighted by Gasteiger charge is 2.37. The van der Waals surface area contributed by atoms with Gasteiger partial charge in [0, 0.05) is 50.3 Å². The van der Waals surface area contributed by atoms with Crippen LogP contribution in [0.25, 0.3) is 0 Å². The third kappa shape index (κ3) is 4.46. The lowest BCUT2D eigenvalue weighted by Crippen LogP contribution is -2.40. The number of aliphatic hydroxyl groups is 1. The molecule has 4 rings (SSSR count). The van der Waals surface area contributed by atoms with Crippen LogP contribution in [0.15, 0.2) is 18.2 Å². The van der Waals surface area contributed by atoms with Crippen LogP contribution in [0.2, 0.25) is 0 Å². The fourth-order valence-electron chi connectivity index (χ4n) is 4.47. The molecule has 1 unspecified atom stereocenters. The third-order valence-electron chi connectivity index (χ3n) is 6.34. The number of carbonyl (C=O) groups excluding carboxylic acids is 2. The van der Waals surface area contributed by atoms with Crippen molar-refractivity contribution in [3.05, 3.63) is 46.5 Å². The van der Waals surface area contributed by atoms with E-state index in [0.717, 1.165) is 6.07 Å². The molecule has 3 heterocycles. The van der Waals surface area contributed by atoms with Gasteiger partial charge in [-0.1, -0.05) is 6.92 Å². The number of benzene rings is 1. The molecule has 0 radical (unpaired) electrons. The molecule has 0 bridgehead atoms. The van der Waals surface area contributed by atoms with Crippen LogP contribution in [-0.2, 0) is 25.7 Å². The number of nitrogens with zero attached hydrogens (tertiary/aromatic N) is 4. The lowest BCUT2D eigenvalue weighted by atomic mass is 10.0. The fourth-order valence-corrected chi connectivity index (χ4v) is 4.47. The summed E-state index contributed by atoms with van der Waals surface area (Å²) in [5.41, 5.74) is -0.0494. The van der Waals surface area contributed by atoms with E-state index in [1.165, 1.54) is 9.80 Å². The maximum atomic E-state index is 13.5. The molecule has 2 atom stereocenters. The molecular weight excluding hydrogens is 458 g/mol. The molecule has 2 aliphatic heterocycles. The van der Waals surface area contributed by atoms with Gasteiger partial charge in [-0.05, 0) is 24.6 Å². The van der Waals surface area contributed by atoms with Crippen molar-refractivity contribution in [1.82, 2.24) is 19.6 Å². The van der Waals surface area contributed by atoms with E-state index in [9.17, 15) is 32.3 Å². The SMILES string of the molecule is CCC(O)[C@H]1CN(C)C(=O)c2c3c(nn2C1)CCN(C(=O)Nc1ccc(F)c(C(F)(F)F)c1)C3. The second kappa shape index (κ2) is 8.90. The van der Waals surface area contributed by atoms with Gasteiger partial charge >= 0.3 is 12.2 Å². The molecule has 2 N–H and O–H groups in total. The van der Waals surface area contributed by atoms with Crippen LogP contribution in [0.5, 0.6) is 0 Å². The van der Waals surface area contributed by atoms with Crippen LogP contribution in [-0.4, -0.2) is 62.9 Å². The van der Waals surface area contributed by atoms with Crippen LogP contribution >= 0.6 is 0 Å². The largest absolute Gasteiger partial charge is 0.419 e. The van der Waals surface area contributed by atoms with E-state index in [4.69, 9.17) is 0 Å². The number of anilines is 1. The monoisotopic (exact) mass is 483 g/mol. The van der Waals surface area contributed by atoms with Crippen LogP contribution in [0, 0.1) is 11.7 Å². The van der Waals surface area contributed by atoms with Crippen molar-refractivity contribution in [3.8, 4) is 0 Å². The minimum absolute atomic E-state index is 0.0460. The number of carbonyl (C=O) groups is 2. The Bertz CT molecular complexity index is 1120. The van der Waals surface area contributed by atoms with Gasteiger partial charge in [0.1, 0.15) is 11.5 Å². The predicted octanol–water partition coefficient (Wildman–Crippen LogP) is 3.10. The summed E-state index contributed by atoms with van der Waals surface area (Å²) in [6, 6.07) is 1.59. The Morgan fingerprint density at radius 3 is 2.74 bits per heavy atom. The Morgan fingerprint density at radius 1 is 1.32 bits per heavy atom. The molecule has 0 fully saturated rings. The first kappa shape index (κ1) is 24.0. The average molecular weight is 483 g/mol. The Kier molecular flexibility index (Phi) is 6.28. The molecule has 184 valence electrons. The van der Waals surface area contributed by atoms with Gasteiger partial charge in [0.05, 0.1) is 23.9 Å². The maximum Gasteiger partial charge on any atom is 0.419 e. The highest BCUT2D eigenvalue weighted by atomic mass is 19.4. The number of alkyl halides is 3. The Labute approximate surface area is 193 Å². The first-order valence-electron chi connectivity index (χ1n) is 10.9. The van der Waals surface area contributed by atoms with Crippen molar-refractivity contribution in [2.45, 2.75) is 45.1 Å². The summed E-state index contributed by atoms with van der Waals surface area (Å²) in [5.74, 6) is -1.89. The second-order valence-electron chi connectivity index (χ2n) is 8.67. The molecule has 1 aromatic heterocycles. The molecular formula is C22H25F4N5O3. The molecule has 1 aromatic carbocycles. The van der Waals surface area contributed by atoms with E-state index in [1.807, 2.05) is 6.92 Å². The van der Waals surface area contributed by atoms with Crippen LogP contribution in [0.4, 0.5) is 28.0 Å². The van der Waals surface area contributed by atoms with E-state index in [0.29, 0.717) is 55.0 Å². The first-order valence-corrected chi connectivity index (χ1v) is 10.9. The van der Waals surface area contributed by atoms with E-state index >= 15 is 0 Å². The topological polar surface area (TPSA) is 90.7 Å². The van der Waals surface area contributed by atoms with Gasteiger partial charge in [0.2, 0.25) is 0 Å². The summed E-state index contributed by atoms with van der Waals surface area (Å²) in [6.45, 7) is 2.87. The fraction of sp³-hybridized carbons (Fsp3) is 0.500. The molecule has 34 heavy (non-hydrogen) atoms. The highest BCUT2D eigenvalue weighted by molar-refractivity contribution is 5.95. The predicted molar refractivity (Wildman–Crippen MR) is 114 cm³/mol. The summed E-state index contributed by atoms with van der Waals surface area (Å²) in [4.78, 5) is 28.8. The smallest absolute Gasteiger partial charge is 0.393 e. The number of nitrogens with one attached hydrogen (secondary N) is 1. The molecule has 0 saturated heterocycles. The molecule has 2 aromatic rings. The van der Waals surface area contributed by atoms with Crippen LogP contribution in [0.1, 0.15) is 40.7 Å². The number of fused-ring (bicyclic) bond motifs is 3. The van der Waals surface area contributed by atoms with Crippen molar-refractivity contribution in [3.63, 3.8) is 0 Å². The number of halogens is 4. The summed E-state index contributed by atoms with van der Waals surface area (Å²) >= 11 is 0. The van der Waals surface area contributed by atoms with Gasteiger partial charge in [-0.3, -0.25) is 9.48 Å². The molecule has 0 saturated carbocycles. The van der Waals surface area contributed by atoms with Crippen LogP contribution in [0.3, 0.4) is 0 Å². The molecule has 8 nitrogen and oxygen atoms in total. The lowest BCUT2D eigenvalue weighted by Gasteiger charge is -2.28. The number of urea groups is 1. The van der Waals surface area contributed by atoms with Crippen molar-refractivity contribution in [2.24, 2.45) is 5.92 Å². The van der Waals surface area contributed by atoms with Gasteiger partial charge in [0.25, 0.3) is 5.91 Å². The molecule has 2 aliphatic rings. The molecule has 0 aliphatic carbocycles. The zero-order valence-electron chi connectivity index (χ0n) is 18.7. The summed E-state index contributed by atoms with van der Waals surface area (Å²) in [7, 11) is 1.65. The quantitative estimate of drug-likeness (QED) is 0.657. The number of aliphatic hydroxyl groups excluding tert-OH is 1. The summed E-state index contributed by atoms with van der Waals surface area (Å²) < 4.78 is 54.1. The molecule has 12 heteroatoms. The average Bonchev–Trinajstić information content (AvgIpc) is 3.08. The summed E-state index contributed by atoms with van der Waals surface area (Å²) in [6.07, 6.45) is -4.59. The zero-order chi connectivity index (χ0) is 24.8. The molecule has 3 amide bonds. The summed E-state index contributed by atoms with van der Waals surface area (Å²) in [5, 5.41) is 17.3. The van der Waals surface area contributed by atoms with Gasteiger partial charge in [0.15, 0.2) is 0 Å². The number of aromatic nitrogens is 2. The van der Waals surface area contributed by atoms with E-state index in [2.05, 4.69) is 10.4 Å². The number of amides is 3. The van der Waals surface area contributed by atoms with Gasteiger partial charge in [-0.25, -0.2) is 9.18 Å².